The zero-order chi connectivity index (χ0) is 24.9. The summed E-state index contributed by atoms with van der Waals surface area (Å²) in [5, 5.41) is 0. The minimum Gasteiger partial charge on any atom is -0.267 e. The van der Waals surface area contributed by atoms with Crippen LogP contribution in [0.3, 0.4) is 0 Å². The van der Waals surface area contributed by atoms with Crippen molar-refractivity contribution >= 4 is 47.3 Å². The van der Waals surface area contributed by atoms with E-state index in [0.717, 1.165) is 32.5 Å². The van der Waals surface area contributed by atoms with E-state index in [0.29, 0.717) is 26.5 Å². The van der Waals surface area contributed by atoms with E-state index in [4.69, 9.17) is 0 Å². The van der Waals surface area contributed by atoms with Gasteiger partial charge in [-0.15, -0.1) is 0 Å². The normalized spacial score (nSPS) is 13.8. The molecule has 36 heavy (non-hydrogen) atoms. The first-order chi connectivity index (χ1) is 17.6. The highest BCUT2D eigenvalue weighted by atomic mass is 32.2. The van der Waals surface area contributed by atoms with Crippen LogP contribution in [0.25, 0.3) is 5.57 Å². The quantitative estimate of drug-likeness (QED) is 0.165. The molecule has 0 atom stereocenters. The molecule has 4 aromatic carbocycles. The number of imide groups is 2. The van der Waals surface area contributed by atoms with Gasteiger partial charge in [-0.2, -0.15) is 8.61 Å². The van der Waals surface area contributed by atoms with E-state index in [1.54, 1.807) is 0 Å². The van der Waals surface area contributed by atoms with Crippen molar-refractivity contribution in [1.82, 2.24) is 8.61 Å². The maximum Gasteiger partial charge on any atom is 0.355 e. The topological polar surface area (TPSA) is 57.7 Å². The fraction of sp³-hybridized carbons (Fsp3) is 0. The Labute approximate surface area is 217 Å². The molecule has 0 unspecified atom stereocenters. The lowest BCUT2D eigenvalue weighted by molar-refractivity contribution is -0.129. The predicted octanol–water partition coefficient (Wildman–Crippen LogP) is 6.69. The highest BCUT2D eigenvalue weighted by Gasteiger charge is 2.45. The third-order valence-electron chi connectivity index (χ3n) is 5.40. The lowest BCUT2D eigenvalue weighted by Gasteiger charge is -2.33. The number of amides is 4. The summed E-state index contributed by atoms with van der Waals surface area (Å²) in [7, 11) is 0. The zero-order valence-electron chi connectivity index (χ0n) is 19.0. The van der Waals surface area contributed by atoms with E-state index in [-0.39, 0.29) is 5.57 Å². The fourth-order valence-electron chi connectivity index (χ4n) is 3.76. The maximum absolute atomic E-state index is 13.9. The van der Waals surface area contributed by atoms with Crippen LogP contribution in [0.1, 0.15) is 11.1 Å². The van der Waals surface area contributed by atoms with Crippen molar-refractivity contribution in [2.45, 2.75) is 9.79 Å². The second-order valence-corrected chi connectivity index (χ2v) is 9.81. The number of urea groups is 1. The van der Waals surface area contributed by atoms with Crippen molar-refractivity contribution in [3.8, 4) is 0 Å². The minimum absolute atomic E-state index is 0.0566. The number of carbonyl (C=O) groups excluding carboxylic acids is 3. The first-order valence-corrected chi connectivity index (χ1v) is 12.7. The van der Waals surface area contributed by atoms with Crippen molar-refractivity contribution < 1.29 is 14.4 Å². The summed E-state index contributed by atoms with van der Waals surface area (Å²) >= 11 is 2.00. The molecule has 0 N–H and O–H groups in total. The van der Waals surface area contributed by atoms with Crippen LogP contribution in [-0.4, -0.2) is 26.5 Å². The second kappa shape index (κ2) is 10.7. The van der Waals surface area contributed by atoms with E-state index in [1.807, 2.05) is 121 Å². The first-order valence-electron chi connectivity index (χ1n) is 11.2. The van der Waals surface area contributed by atoms with Crippen LogP contribution in [0.4, 0.5) is 4.79 Å². The fourth-order valence-corrected chi connectivity index (χ4v) is 5.46. The van der Waals surface area contributed by atoms with E-state index in [9.17, 15) is 14.4 Å². The molecule has 0 saturated carbocycles. The molecule has 5 nitrogen and oxygen atoms in total. The van der Waals surface area contributed by atoms with E-state index in [2.05, 4.69) is 0 Å². The van der Waals surface area contributed by atoms with Gasteiger partial charge in [0.05, 0.1) is 0 Å². The Balaban J connectivity index is 1.69. The molecule has 5 rings (SSSR count). The van der Waals surface area contributed by atoms with Gasteiger partial charge in [0, 0.05) is 15.4 Å². The molecule has 0 spiro atoms. The molecule has 1 aliphatic rings. The van der Waals surface area contributed by atoms with Crippen LogP contribution in [0, 0.1) is 0 Å². The van der Waals surface area contributed by atoms with Crippen molar-refractivity contribution in [3.63, 3.8) is 0 Å². The van der Waals surface area contributed by atoms with Crippen LogP contribution in [0.2, 0.25) is 0 Å². The molecule has 1 heterocycles. The van der Waals surface area contributed by atoms with Gasteiger partial charge >= 0.3 is 6.03 Å². The zero-order valence-corrected chi connectivity index (χ0v) is 20.6. The lowest BCUT2D eigenvalue weighted by Crippen LogP contribution is -2.51. The number of rotatable bonds is 6. The summed E-state index contributed by atoms with van der Waals surface area (Å²) < 4.78 is 2.13. The van der Waals surface area contributed by atoms with Gasteiger partial charge in [0.25, 0.3) is 11.8 Å². The Hall–Kier alpha value is -4.07. The lowest BCUT2D eigenvalue weighted by atomic mass is 9.91. The predicted molar refractivity (Wildman–Crippen MR) is 143 cm³/mol. The molecular weight excluding hydrogens is 488 g/mol. The molecule has 1 fully saturated rings. The summed E-state index contributed by atoms with van der Waals surface area (Å²) in [6, 6.07) is 36.2. The summed E-state index contributed by atoms with van der Waals surface area (Å²) in [6.45, 7) is 0. The second-order valence-electron chi connectivity index (χ2n) is 7.77. The van der Waals surface area contributed by atoms with Gasteiger partial charge in [-0.3, -0.25) is 9.59 Å². The monoisotopic (exact) mass is 508 g/mol. The van der Waals surface area contributed by atoms with Gasteiger partial charge in [-0.1, -0.05) is 97.1 Å². The number of hydrogen-bond acceptors (Lipinski definition) is 5. The third-order valence-corrected chi connectivity index (χ3v) is 7.37. The number of hydrogen-bond donors (Lipinski definition) is 0. The molecule has 7 heteroatoms. The smallest absolute Gasteiger partial charge is 0.267 e. The van der Waals surface area contributed by atoms with E-state index in [1.165, 1.54) is 0 Å². The Morgan fingerprint density at radius 3 is 1.17 bits per heavy atom. The molecule has 176 valence electrons. The molecule has 4 aromatic rings. The van der Waals surface area contributed by atoms with Crippen LogP contribution in [0.5, 0.6) is 0 Å². The van der Waals surface area contributed by atoms with Crippen molar-refractivity contribution in [1.29, 1.82) is 0 Å². The van der Waals surface area contributed by atoms with Crippen LogP contribution in [-0.2, 0) is 9.59 Å². The average Bonchev–Trinajstić information content (AvgIpc) is 2.93. The number of benzene rings is 4. The van der Waals surface area contributed by atoms with Crippen molar-refractivity contribution in [3.05, 3.63) is 138 Å². The highest BCUT2D eigenvalue weighted by molar-refractivity contribution is 7.99. The highest BCUT2D eigenvalue weighted by Crippen LogP contribution is 2.39. The maximum atomic E-state index is 13.9. The Morgan fingerprint density at radius 1 is 0.472 bits per heavy atom. The van der Waals surface area contributed by atoms with Gasteiger partial charge in [-0.05, 0) is 59.3 Å². The summed E-state index contributed by atoms with van der Waals surface area (Å²) in [4.78, 5) is 42.8. The van der Waals surface area contributed by atoms with E-state index >= 15 is 0 Å². The third kappa shape index (κ3) is 4.84. The summed E-state index contributed by atoms with van der Waals surface area (Å²) in [5.41, 5.74) is 1.85. The molecule has 0 aliphatic carbocycles. The number of carbonyl (C=O) groups is 3. The van der Waals surface area contributed by atoms with Crippen molar-refractivity contribution in [2.75, 3.05) is 0 Å². The first kappa shape index (κ1) is 23.7. The van der Waals surface area contributed by atoms with Gasteiger partial charge < -0.3 is 0 Å². The van der Waals surface area contributed by atoms with Crippen LogP contribution >= 0.6 is 23.9 Å². The largest absolute Gasteiger partial charge is 0.355 e. The molecule has 1 aliphatic heterocycles. The number of nitrogens with zero attached hydrogens (tertiary/aromatic N) is 2. The molecule has 1 saturated heterocycles. The summed E-state index contributed by atoms with van der Waals surface area (Å²) in [5.74, 6) is -1.29. The van der Waals surface area contributed by atoms with Gasteiger partial charge in [0.15, 0.2) is 0 Å². The molecule has 4 amide bonds. The molecule has 0 aromatic heterocycles. The number of barbiturate groups is 1. The van der Waals surface area contributed by atoms with Crippen LogP contribution < -0.4 is 0 Å². The Bertz CT molecular complexity index is 1320. The Kier molecular flexibility index (Phi) is 7.02. The van der Waals surface area contributed by atoms with Gasteiger partial charge in [-0.25, -0.2) is 4.79 Å². The minimum atomic E-state index is -0.697. The Morgan fingerprint density at radius 2 is 0.806 bits per heavy atom. The van der Waals surface area contributed by atoms with Crippen molar-refractivity contribution in [2.24, 2.45) is 0 Å². The van der Waals surface area contributed by atoms with E-state index < -0.39 is 17.8 Å². The molecule has 0 bridgehead atoms. The van der Waals surface area contributed by atoms with Gasteiger partial charge in [0.2, 0.25) is 0 Å². The SMILES string of the molecule is O=C1C(=C(c2ccccc2)c2ccccc2)C(=O)N(Sc2ccccc2)C(=O)N1Sc1ccccc1. The summed E-state index contributed by atoms with van der Waals surface area (Å²) in [6.07, 6.45) is 0. The van der Waals surface area contributed by atoms with Crippen LogP contribution in [0.15, 0.2) is 137 Å². The standard InChI is InChI=1S/C29H20N2O3S2/c32-27-26(25(21-13-5-1-6-14-21)22-15-7-2-8-16-22)28(33)31(36-24-19-11-4-12-20-24)29(34)30(27)35-23-17-9-3-10-18-23/h1-20H. The molecule has 0 radical (unpaired) electrons. The average molecular weight is 509 g/mol. The molecular formula is C29H20N2O3S2. The van der Waals surface area contributed by atoms with Gasteiger partial charge in [0.1, 0.15) is 5.57 Å².